The van der Waals surface area contributed by atoms with Gasteiger partial charge in [-0.3, -0.25) is 9.47 Å². The van der Waals surface area contributed by atoms with E-state index in [1.165, 1.54) is 5.56 Å². The van der Waals surface area contributed by atoms with Gasteiger partial charge in [-0.1, -0.05) is 60.3 Å². The number of hydrogen-bond donors (Lipinski definition) is 0. The van der Waals surface area contributed by atoms with Crippen LogP contribution in [0.1, 0.15) is 18.3 Å². The van der Waals surface area contributed by atoms with E-state index in [0.717, 1.165) is 55.1 Å². The quantitative estimate of drug-likeness (QED) is 0.572. The first-order valence-corrected chi connectivity index (χ1v) is 10.8. The Bertz CT molecular complexity index is 869. The lowest BCUT2D eigenvalue weighted by atomic mass is 10.1. The number of thioether (sulfide) groups is 1. The Hall–Kier alpha value is -2.15. The molecule has 1 saturated heterocycles. The SMILES string of the molecule is CC1CN(CCSc2nnc(Cc3ccccc3)n2-c2ccccc2)CCO1. The first kappa shape index (κ1) is 19.2. The van der Waals surface area contributed by atoms with Gasteiger partial charge in [-0.15, -0.1) is 10.2 Å². The van der Waals surface area contributed by atoms with Gasteiger partial charge >= 0.3 is 0 Å². The highest BCUT2D eigenvalue weighted by Gasteiger charge is 2.18. The van der Waals surface area contributed by atoms with Gasteiger partial charge in [0.1, 0.15) is 5.82 Å². The summed E-state index contributed by atoms with van der Waals surface area (Å²) in [7, 11) is 0. The van der Waals surface area contributed by atoms with E-state index in [1.54, 1.807) is 11.8 Å². The molecule has 0 aliphatic carbocycles. The van der Waals surface area contributed by atoms with Gasteiger partial charge in [-0.25, -0.2) is 0 Å². The molecule has 2 heterocycles. The number of hydrogen-bond acceptors (Lipinski definition) is 5. The predicted octanol–water partition coefficient (Wildman–Crippen LogP) is 3.67. The van der Waals surface area contributed by atoms with Crippen LogP contribution in [-0.2, 0) is 11.2 Å². The molecule has 2 aromatic carbocycles. The van der Waals surface area contributed by atoms with Crippen molar-refractivity contribution in [2.24, 2.45) is 0 Å². The lowest BCUT2D eigenvalue weighted by molar-refractivity contribution is -0.0158. The van der Waals surface area contributed by atoms with Crippen molar-refractivity contribution in [2.45, 2.75) is 24.6 Å². The van der Waals surface area contributed by atoms with Crippen LogP contribution < -0.4 is 0 Å². The molecule has 0 spiro atoms. The monoisotopic (exact) mass is 394 g/mol. The van der Waals surface area contributed by atoms with Crippen LogP contribution in [0.25, 0.3) is 5.69 Å². The average Bonchev–Trinajstić information content (AvgIpc) is 3.12. The second-order valence-corrected chi connectivity index (χ2v) is 8.12. The van der Waals surface area contributed by atoms with Crippen molar-refractivity contribution in [1.82, 2.24) is 19.7 Å². The zero-order valence-electron chi connectivity index (χ0n) is 16.2. The second-order valence-electron chi connectivity index (χ2n) is 7.06. The van der Waals surface area contributed by atoms with Gasteiger partial charge in [0.05, 0.1) is 12.7 Å². The summed E-state index contributed by atoms with van der Waals surface area (Å²) in [5, 5.41) is 10.00. The molecule has 1 unspecified atom stereocenters. The van der Waals surface area contributed by atoms with Crippen molar-refractivity contribution in [3.63, 3.8) is 0 Å². The molecule has 6 heteroatoms. The maximum atomic E-state index is 5.63. The Morgan fingerprint density at radius 2 is 1.79 bits per heavy atom. The van der Waals surface area contributed by atoms with E-state index < -0.39 is 0 Å². The van der Waals surface area contributed by atoms with Crippen LogP contribution in [0, 0.1) is 0 Å². The molecule has 0 saturated carbocycles. The zero-order chi connectivity index (χ0) is 19.2. The maximum absolute atomic E-state index is 5.63. The summed E-state index contributed by atoms with van der Waals surface area (Å²) >= 11 is 1.78. The summed E-state index contributed by atoms with van der Waals surface area (Å²) in [6, 6.07) is 20.8. The Morgan fingerprint density at radius 1 is 1.04 bits per heavy atom. The largest absolute Gasteiger partial charge is 0.376 e. The Balaban J connectivity index is 1.50. The smallest absolute Gasteiger partial charge is 0.195 e. The number of benzene rings is 2. The van der Waals surface area contributed by atoms with E-state index >= 15 is 0 Å². The van der Waals surface area contributed by atoms with Crippen molar-refractivity contribution in [3.05, 3.63) is 72.1 Å². The molecule has 0 N–H and O–H groups in total. The van der Waals surface area contributed by atoms with E-state index in [0.29, 0.717) is 6.10 Å². The number of ether oxygens (including phenoxy) is 1. The number of morpholine rings is 1. The summed E-state index contributed by atoms with van der Waals surface area (Å²) < 4.78 is 7.83. The fraction of sp³-hybridized carbons (Fsp3) is 0.364. The van der Waals surface area contributed by atoms with Crippen LogP contribution >= 0.6 is 11.8 Å². The Kier molecular flexibility index (Phi) is 6.41. The van der Waals surface area contributed by atoms with E-state index in [-0.39, 0.29) is 0 Å². The summed E-state index contributed by atoms with van der Waals surface area (Å²) in [5.74, 6) is 1.96. The molecule has 28 heavy (non-hydrogen) atoms. The number of rotatable bonds is 7. The molecule has 4 rings (SSSR count). The van der Waals surface area contributed by atoms with Gasteiger partial charge in [0.25, 0.3) is 0 Å². The zero-order valence-corrected chi connectivity index (χ0v) is 17.0. The minimum atomic E-state index is 0.323. The predicted molar refractivity (Wildman–Crippen MR) is 113 cm³/mol. The molecule has 1 fully saturated rings. The third-order valence-electron chi connectivity index (χ3n) is 4.88. The summed E-state index contributed by atoms with van der Waals surface area (Å²) in [6.45, 7) is 6.02. The Labute approximate surface area is 170 Å². The molecule has 1 atom stereocenters. The van der Waals surface area contributed by atoms with Crippen LogP contribution in [0.3, 0.4) is 0 Å². The maximum Gasteiger partial charge on any atom is 0.195 e. The van der Waals surface area contributed by atoms with E-state index in [1.807, 2.05) is 12.1 Å². The molecule has 1 aromatic heterocycles. The van der Waals surface area contributed by atoms with Crippen molar-refractivity contribution >= 4 is 11.8 Å². The van der Waals surface area contributed by atoms with Crippen LogP contribution in [0.5, 0.6) is 0 Å². The fourth-order valence-corrected chi connectivity index (χ4v) is 4.45. The average molecular weight is 395 g/mol. The van der Waals surface area contributed by atoms with Crippen LogP contribution in [0.15, 0.2) is 65.8 Å². The van der Waals surface area contributed by atoms with Gasteiger partial charge in [0, 0.05) is 37.5 Å². The topological polar surface area (TPSA) is 43.2 Å². The third-order valence-corrected chi connectivity index (χ3v) is 5.79. The van der Waals surface area contributed by atoms with Crippen molar-refractivity contribution < 1.29 is 4.74 Å². The lowest BCUT2D eigenvalue weighted by Crippen LogP contribution is -2.42. The third kappa shape index (κ3) is 4.82. The molecule has 3 aromatic rings. The summed E-state index contributed by atoms with van der Waals surface area (Å²) in [4.78, 5) is 2.47. The van der Waals surface area contributed by atoms with E-state index in [4.69, 9.17) is 4.74 Å². The Morgan fingerprint density at radius 3 is 2.54 bits per heavy atom. The molecular weight excluding hydrogens is 368 g/mol. The molecule has 0 amide bonds. The normalized spacial score (nSPS) is 17.7. The molecule has 0 bridgehead atoms. The van der Waals surface area contributed by atoms with Crippen molar-refractivity contribution in [1.29, 1.82) is 0 Å². The van der Waals surface area contributed by atoms with Gasteiger partial charge in [-0.05, 0) is 24.6 Å². The number of aromatic nitrogens is 3. The first-order valence-electron chi connectivity index (χ1n) is 9.80. The minimum absolute atomic E-state index is 0.323. The minimum Gasteiger partial charge on any atom is -0.376 e. The van der Waals surface area contributed by atoms with E-state index in [9.17, 15) is 0 Å². The van der Waals surface area contributed by atoms with Gasteiger partial charge < -0.3 is 4.74 Å². The molecule has 146 valence electrons. The fourth-order valence-electron chi connectivity index (χ4n) is 3.48. The molecule has 1 aliphatic heterocycles. The molecule has 1 aliphatic rings. The highest BCUT2D eigenvalue weighted by Crippen LogP contribution is 2.23. The summed E-state index contributed by atoms with van der Waals surface area (Å²) in [6.07, 6.45) is 1.09. The van der Waals surface area contributed by atoms with Gasteiger partial charge in [0.15, 0.2) is 5.16 Å². The lowest BCUT2D eigenvalue weighted by Gasteiger charge is -2.30. The summed E-state index contributed by atoms with van der Waals surface area (Å²) in [5.41, 5.74) is 2.35. The van der Waals surface area contributed by atoms with Crippen molar-refractivity contribution in [2.75, 3.05) is 32.0 Å². The highest BCUT2D eigenvalue weighted by atomic mass is 32.2. The standard InChI is InChI=1S/C22H26N4OS/c1-18-17-25(12-14-27-18)13-15-28-22-24-23-21(16-19-8-4-2-5-9-19)26(22)20-10-6-3-7-11-20/h2-11,18H,12-17H2,1H3. The van der Waals surface area contributed by atoms with Crippen LogP contribution in [0.2, 0.25) is 0 Å². The highest BCUT2D eigenvalue weighted by molar-refractivity contribution is 7.99. The number of para-hydroxylation sites is 1. The second kappa shape index (κ2) is 9.37. The molecular formula is C22H26N4OS. The van der Waals surface area contributed by atoms with Crippen LogP contribution in [-0.4, -0.2) is 57.8 Å². The number of nitrogens with zero attached hydrogens (tertiary/aromatic N) is 4. The van der Waals surface area contributed by atoms with Gasteiger partial charge in [-0.2, -0.15) is 0 Å². The van der Waals surface area contributed by atoms with E-state index in [2.05, 4.69) is 75.1 Å². The van der Waals surface area contributed by atoms with Crippen LogP contribution in [0.4, 0.5) is 0 Å². The van der Waals surface area contributed by atoms with Crippen molar-refractivity contribution in [3.8, 4) is 5.69 Å². The first-order chi connectivity index (χ1) is 13.8. The molecule has 5 nitrogen and oxygen atoms in total. The molecule has 0 radical (unpaired) electrons. The van der Waals surface area contributed by atoms with Gasteiger partial charge in [0.2, 0.25) is 0 Å².